The van der Waals surface area contributed by atoms with Crippen LogP contribution in [0.25, 0.3) is 11.1 Å². The van der Waals surface area contributed by atoms with E-state index in [9.17, 15) is 18.0 Å². The number of para-hydroxylation sites is 1. The van der Waals surface area contributed by atoms with Crippen LogP contribution in [0.3, 0.4) is 0 Å². The number of nitrogens with one attached hydrogen (secondary N) is 1. The highest BCUT2D eigenvalue weighted by Gasteiger charge is 2.35. The van der Waals surface area contributed by atoms with Crippen molar-refractivity contribution in [3.63, 3.8) is 0 Å². The molecule has 8 heteroatoms. The van der Waals surface area contributed by atoms with Crippen LogP contribution in [0.5, 0.6) is 0 Å². The number of anilines is 1. The van der Waals surface area contributed by atoms with Gasteiger partial charge in [0.05, 0.1) is 10.8 Å². The quantitative estimate of drug-likeness (QED) is 0.418. The number of aryl methyl sites for hydroxylation is 3. The minimum Gasteiger partial charge on any atom is -0.452 e. The van der Waals surface area contributed by atoms with E-state index in [0.717, 1.165) is 27.8 Å². The first-order valence-electron chi connectivity index (χ1n) is 12.8. The van der Waals surface area contributed by atoms with Crippen LogP contribution in [0.2, 0.25) is 0 Å². The highest BCUT2D eigenvalue weighted by molar-refractivity contribution is 7.89. The van der Waals surface area contributed by atoms with Crippen LogP contribution in [0, 0.1) is 26.7 Å². The van der Waals surface area contributed by atoms with Crippen LogP contribution in [0.15, 0.2) is 71.6 Å². The fourth-order valence-corrected chi connectivity index (χ4v) is 6.94. The van der Waals surface area contributed by atoms with E-state index in [-0.39, 0.29) is 13.1 Å². The molecule has 1 saturated heterocycles. The first kappa shape index (κ1) is 27.5. The van der Waals surface area contributed by atoms with E-state index in [1.807, 2.05) is 87.5 Å². The van der Waals surface area contributed by atoms with E-state index in [4.69, 9.17) is 4.74 Å². The second kappa shape index (κ2) is 11.5. The van der Waals surface area contributed by atoms with E-state index in [2.05, 4.69) is 5.32 Å². The van der Waals surface area contributed by atoms with E-state index in [1.54, 1.807) is 6.92 Å². The molecule has 1 N–H and O–H groups in total. The molecule has 1 amide bonds. The van der Waals surface area contributed by atoms with Crippen molar-refractivity contribution in [3.8, 4) is 11.1 Å². The minimum absolute atomic E-state index is 0.222. The first-order valence-corrected chi connectivity index (χ1v) is 14.3. The van der Waals surface area contributed by atoms with Crippen LogP contribution in [-0.4, -0.2) is 43.8 Å². The molecule has 0 aromatic heterocycles. The van der Waals surface area contributed by atoms with Crippen molar-refractivity contribution < 1.29 is 22.7 Å². The average molecular weight is 535 g/mol. The lowest BCUT2D eigenvalue weighted by Crippen LogP contribution is -2.42. The highest BCUT2D eigenvalue weighted by atomic mass is 32.2. The fourth-order valence-electron chi connectivity index (χ4n) is 5.05. The number of hydrogen-bond acceptors (Lipinski definition) is 5. The van der Waals surface area contributed by atoms with Crippen molar-refractivity contribution in [3.05, 3.63) is 83.4 Å². The topological polar surface area (TPSA) is 92.8 Å². The molecule has 1 aliphatic rings. The molecule has 1 atom stereocenters. The maximum atomic E-state index is 13.3. The van der Waals surface area contributed by atoms with Gasteiger partial charge in [-0.2, -0.15) is 4.31 Å². The third kappa shape index (κ3) is 5.97. The van der Waals surface area contributed by atoms with Gasteiger partial charge in [0, 0.05) is 24.3 Å². The number of ether oxygens (including phenoxy) is 1. The molecule has 0 saturated carbocycles. The summed E-state index contributed by atoms with van der Waals surface area (Å²) in [5.41, 5.74) is 4.92. The Hall–Kier alpha value is -3.49. The number of rotatable bonds is 7. The van der Waals surface area contributed by atoms with Gasteiger partial charge >= 0.3 is 5.97 Å². The number of sulfonamides is 1. The summed E-state index contributed by atoms with van der Waals surface area (Å²) in [6.07, 6.45) is -0.314. The SMILES string of the molecule is Cc1cc(C)c(S(=O)(=O)N2CCC(C(=O)O[C@@H](C)C(=O)Nc3ccccc3-c3ccccc3)CC2)c(C)c1. The molecular formula is C30H34N2O5S. The van der Waals surface area contributed by atoms with Gasteiger partial charge in [0.2, 0.25) is 10.0 Å². The summed E-state index contributed by atoms with van der Waals surface area (Å²) < 4.78 is 33.6. The molecule has 1 fully saturated rings. The van der Waals surface area contributed by atoms with Crippen LogP contribution in [0.4, 0.5) is 5.69 Å². The molecule has 38 heavy (non-hydrogen) atoms. The van der Waals surface area contributed by atoms with Crippen LogP contribution < -0.4 is 5.32 Å². The van der Waals surface area contributed by atoms with Gasteiger partial charge in [0.1, 0.15) is 0 Å². The van der Waals surface area contributed by atoms with Crippen molar-refractivity contribution in [1.29, 1.82) is 0 Å². The van der Waals surface area contributed by atoms with Crippen molar-refractivity contribution in [2.24, 2.45) is 5.92 Å². The molecule has 7 nitrogen and oxygen atoms in total. The highest BCUT2D eigenvalue weighted by Crippen LogP contribution is 2.30. The third-order valence-corrected chi connectivity index (χ3v) is 9.13. The number of carbonyl (C=O) groups is 2. The molecule has 4 rings (SSSR count). The summed E-state index contributed by atoms with van der Waals surface area (Å²) in [4.78, 5) is 26.1. The maximum Gasteiger partial charge on any atom is 0.309 e. The van der Waals surface area contributed by atoms with Crippen LogP contribution >= 0.6 is 0 Å². The Bertz CT molecular complexity index is 1410. The standard InChI is InChI=1S/C30H34N2O5S/c1-20-18-21(2)28(22(3)19-20)38(35,36)32-16-14-25(15-17-32)30(34)37-23(4)29(33)31-27-13-9-8-12-26(27)24-10-6-5-7-11-24/h5-13,18-19,23,25H,14-17H2,1-4H3,(H,31,33)/t23-/m0/s1. The Labute approximate surface area is 224 Å². The molecule has 0 aliphatic carbocycles. The Morgan fingerprint density at radius 2 is 1.50 bits per heavy atom. The molecule has 0 radical (unpaired) electrons. The Morgan fingerprint density at radius 1 is 0.921 bits per heavy atom. The average Bonchev–Trinajstić information content (AvgIpc) is 2.88. The Balaban J connectivity index is 1.36. The lowest BCUT2D eigenvalue weighted by Gasteiger charge is -2.31. The van der Waals surface area contributed by atoms with E-state index in [1.165, 1.54) is 4.31 Å². The fraction of sp³-hybridized carbons (Fsp3) is 0.333. The van der Waals surface area contributed by atoms with Gasteiger partial charge in [-0.25, -0.2) is 8.42 Å². The van der Waals surface area contributed by atoms with Crippen molar-refractivity contribution >= 4 is 27.6 Å². The van der Waals surface area contributed by atoms with Gasteiger partial charge in [0.25, 0.3) is 5.91 Å². The minimum atomic E-state index is -3.67. The van der Waals surface area contributed by atoms with Crippen molar-refractivity contribution in [1.82, 2.24) is 4.31 Å². The number of nitrogens with zero attached hydrogens (tertiary/aromatic N) is 1. The van der Waals surface area contributed by atoms with Crippen molar-refractivity contribution in [2.75, 3.05) is 18.4 Å². The summed E-state index contributed by atoms with van der Waals surface area (Å²) in [7, 11) is -3.67. The second-order valence-corrected chi connectivity index (χ2v) is 11.8. The van der Waals surface area contributed by atoms with Crippen LogP contribution in [0.1, 0.15) is 36.5 Å². The van der Waals surface area contributed by atoms with Gasteiger partial charge in [-0.15, -0.1) is 0 Å². The second-order valence-electron chi connectivity index (χ2n) is 9.89. The van der Waals surface area contributed by atoms with E-state index in [0.29, 0.717) is 23.4 Å². The van der Waals surface area contributed by atoms with Crippen LogP contribution in [-0.2, 0) is 24.3 Å². The number of benzene rings is 3. The lowest BCUT2D eigenvalue weighted by molar-refractivity contribution is -0.158. The molecular weight excluding hydrogens is 500 g/mol. The number of amides is 1. The zero-order valence-corrected chi connectivity index (χ0v) is 23.0. The van der Waals surface area contributed by atoms with Gasteiger partial charge in [-0.05, 0) is 63.3 Å². The maximum absolute atomic E-state index is 13.3. The number of carbonyl (C=O) groups excluding carboxylic acids is 2. The van der Waals surface area contributed by atoms with Gasteiger partial charge in [-0.1, -0.05) is 66.2 Å². The molecule has 3 aromatic rings. The normalized spacial score (nSPS) is 15.6. The predicted octanol–water partition coefficient (Wildman–Crippen LogP) is 5.25. The Morgan fingerprint density at radius 3 is 2.13 bits per heavy atom. The first-order chi connectivity index (χ1) is 18.1. The molecule has 3 aromatic carbocycles. The zero-order chi connectivity index (χ0) is 27.4. The summed E-state index contributed by atoms with van der Waals surface area (Å²) in [5, 5.41) is 2.87. The largest absolute Gasteiger partial charge is 0.452 e. The zero-order valence-electron chi connectivity index (χ0n) is 22.2. The molecule has 0 bridgehead atoms. The number of hydrogen-bond donors (Lipinski definition) is 1. The van der Waals surface area contributed by atoms with Crippen molar-refractivity contribution in [2.45, 2.75) is 51.5 Å². The molecule has 0 unspecified atom stereocenters. The molecule has 0 spiro atoms. The molecule has 1 heterocycles. The predicted molar refractivity (Wildman–Crippen MR) is 148 cm³/mol. The molecule has 1 aliphatic heterocycles. The van der Waals surface area contributed by atoms with E-state index < -0.39 is 33.9 Å². The smallest absolute Gasteiger partial charge is 0.309 e. The monoisotopic (exact) mass is 534 g/mol. The van der Waals surface area contributed by atoms with Gasteiger partial charge in [-0.3, -0.25) is 9.59 Å². The number of piperidine rings is 1. The summed E-state index contributed by atoms with van der Waals surface area (Å²) >= 11 is 0. The summed E-state index contributed by atoms with van der Waals surface area (Å²) in [6, 6.07) is 20.9. The third-order valence-electron chi connectivity index (χ3n) is 6.92. The summed E-state index contributed by atoms with van der Waals surface area (Å²) in [6.45, 7) is 7.54. The molecule has 200 valence electrons. The lowest BCUT2D eigenvalue weighted by atomic mass is 9.98. The van der Waals surface area contributed by atoms with Gasteiger partial charge < -0.3 is 10.1 Å². The number of esters is 1. The van der Waals surface area contributed by atoms with Gasteiger partial charge in [0.15, 0.2) is 6.10 Å². The Kier molecular flexibility index (Phi) is 8.33. The summed E-state index contributed by atoms with van der Waals surface area (Å²) in [5.74, 6) is -1.37. The van der Waals surface area contributed by atoms with E-state index >= 15 is 0 Å².